The third kappa shape index (κ3) is 4.97. The largest absolute Gasteiger partial charge is 0.496 e. The van der Waals surface area contributed by atoms with E-state index in [2.05, 4.69) is 17.9 Å². The van der Waals surface area contributed by atoms with Crippen molar-refractivity contribution in [2.45, 2.75) is 19.0 Å². The molecule has 0 bridgehead atoms. The van der Waals surface area contributed by atoms with Gasteiger partial charge in [0.2, 0.25) is 0 Å². The van der Waals surface area contributed by atoms with E-state index >= 15 is 0 Å². The molecule has 0 saturated heterocycles. The first-order chi connectivity index (χ1) is 10.2. The molecular formula is C16H28N2O3. The molecule has 0 radical (unpaired) electrons. The summed E-state index contributed by atoms with van der Waals surface area (Å²) >= 11 is 0. The van der Waals surface area contributed by atoms with Crippen LogP contribution >= 0.6 is 0 Å². The third-order valence-electron chi connectivity index (χ3n) is 3.65. The zero-order valence-electron chi connectivity index (χ0n) is 13.5. The molecule has 0 amide bonds. The molecule has 0 saturated carbocycles. The van der Waals surface area contributed by atoms with Crippen molar-refractivity contribution in [3.05, 3.63) is 29.8 Å². The van der Waals surface area contributed by atoms with Gasteiger partial charge in [-0.25, -0.2) is 0 Å². The van der Waals surface area contributed by atoms with Crippen molar-refractivity contribution in [2.75, 3.05) is 47.6 Å². The van der Waals surface area contributed by atoms with Crippen LogP contribution in [0, 0.1) is 0 Å². The summed E-state index contributed by atoms with van der Waals surface area (Å²) in [4.78, 5) is 2.31. The molecule has 0 fully saturated rings. The number of hydrogen-bond donors (Lipinski definition) is 1. The van der Waals surface area contributed by atoms with Crippen LogP contribution in [-0.2, 0) is 9.47 Å². The minimum absolute atomic E-state index is 0.0708. The number of hydrogen-bond acceptors (Lipinski definition) is 5. The highest BCUT2D eigenvalue weighted by Crippen LogP contribution is 2.29. The lowest BCUT2D eigenvalue weighted by Gasteiger charge is -2.36. The molecule has 2 atom stereocenters. The normalized spacial score (nSPS) is 14.2. The fraction of sp³-hybridized carbons (Fsp3) is 0.625. The first-order valence-electron chi connectivity index (χ1n) is 7.26. The quantitative estimate of drug-likeness (QED) is 0.712. The summed E-state index contributed by atoms with van der Waals surface area (Å²) in [5, 5.41) is 0. The fourth-order valence-electron chi connectivity index (χ4n) is 2.60. The lowest BCUT2D eigenvalue weighted by Crippen LogP contribution is -2.44. The zero-order chi connectivity index (χ0) is 15.7. The van der Waals surface area contributed by atoms with Crippen LogP contribution in [0.2, 0.25) is 0 Å². The highest BCUT2D eigenvalue weighted by Gasteiger charge is 2.25. The lowest BCUT2D eigenvalue weighted by molar-refractivity contribution is 0.0480. The molecule has 0 aromatic heterocycles. The molecule has 0 aliphatic carbocycles. The Morgan fingerprint density at radius 1 is 1.14 bits per heavy atom. The Morgan fingerprint density at radius 2 is 1.86 bits per heavy atom. The number of methoxy groups -OCH3 is 3. The molecule has 0 aliphatic rings. The van der Waals surface area contributed by atoms with Crippen molar-refractivity contribution in [1.82, 2.24) is 4.90 Å². The average Bonchev–Trinajstić information content (AvgIpc) is 2.51. The summed E-state index contributed by atoms with van der Waals surface area (Å²) in [6, 6.07) is 8.32. The van der Waals surface area contributed by atoms with Crippen LogP contribution in [0.25, 0.3) is 0 Å². The Labute approximate surface area is 128 Å². The lowest BCUT2D eigenvalue weighted by atomic mass is 10.0. The van der Waals surface area contributed by atoms with E-state index in [0.29, 0.717) is 19.8 Å². The molecule has 0 heterocycles. The van der Waals surface area contributed by atoms with Crippen LogP contribution in [0.1, 0.15) is 18.5 Å². The van der Waals surface area contributed by atoms with Crippen molar-refractivity contribution >= 4 is 0 Å². The van der Waals surface area contributed by atoms with Crippen molar-refractivity contribution < 1.29 is 14.2 Å². The minimum atomic E-state index is 0.0708. The maximum atomic E-state index is 6.06. The van der Waals surface area contributed by atoms with Gasteiger partial charge >= 0.3 is 0 Å². The number of nitrogens with two attached hydrogens (primary N) is 1. The number of para-hydroxylation sites is 1. The summed E-state index contributed by atoms with van der Waals surface area (Å²) in [6.45, 7) is 4.74. The van der Waals surface area contributed by atoms with E-state index in [1.165, 1.54) is 0 Å². The highest BCUT2D eigenvalue weighted by atomic mass is 16.5. The van der Waals surface area contributed by atoms with Gasteiger partial charge in [0.15, 0.2) is 0 Å². The molecule has 5 nitrogen and oxygen atoms in total. The smallest absolute Gasteiger partial charge is 0.123 e. The maximum absolute atomic E-state index is 6.06. The standard InChI is InChI=1S/C16H28N2O3/c1-13(12-20-3)18(9-10-19-2)15(11-17)14-7-5-6-8-16(14)21-4/h5-8,13,15H,9-12,17H2,1-4H3. The summed E-state index contributed by atoms with van der Waals surface area (Å²) in [5.41, 5.74) is 7.15. The van der Waals surface area contributed by atoms with Crippen molar-refractivity contribution in [3.63, 3.8) is 0 Å². The predicted octanol–water partition coefficient (Wildman–Crippen LogP) is 1.68. The summed E-state index contributed by atoms with van der Waals surface area (Å²) < 4.78 is 16.0. The number of rotatable bonds is 10. The molecule has 0 aliphatic heterocycles. The maximum Gasteiger partial charge on any atom is 0.123 e. The van der Waals surface area contributed by atoms with Gasteiger partial charge in [0.05, 0.1) is 26.4 Å². The second-order valence-electron chi connectivity index (χ2n) is 5.03. The van der Waals surface area contributed by atoms with Crippen LogP contribution in [0.3, 0.4) is 0 Å². The Bertz CT molecular complexity index is 401. The zero-order valence-corrected chi connectivity index (χ0v) is 13.5. The Balaban J connectivity index is 3.04. The summed E-state index contributed by atoms with van der Waals surface area (Å²) in [7, 11) is 5.11. The Kier molecular flexibility index (Phi) is 8.30. The minimum Gasteiger partial charge on any atom is -0.496 e. The van der Waals surface area contributed by atoms with Crippen LogP contribution in [0.15, 0.2) is 24.3 Å². The van der Waals surface area contributed by atoms with Gasteiger partial charge in [0.1, 0.15) is 5.75 Å². The van der Waals surface area contributed by atoms with E-state index < -0.39 is 0 Å². The Morgan fingerprint density at radius 3 is 2.43 bits per heavy atom. The predicted molar refractivity (Wildman–Crippen MR) is 84.7 cm³/mol. The Hall–Kier alpha value is -1.14. The van der Waals surface area contributed by atoms with Crippen LogP contribution in [0.4, 0.5) is 0 Å². The van der Waals surface area contributed by atoms with Gasteiger partial charge in [-0.1, -0.05) is 18.2 Å². The second-order valence-corrected chi connectivity index (χ2v) is 5.03. The van der Waals surface area contributed by atoms with E-state index in [-0.39, 0.29) is 12.1 Å². The second kappa shape index (κ2) is 9.73. The van der Waals surface area contributed by atoms with Gasteiger partial charge in [-0.3, -0.25) is 4.90 Å². The van der Waals surface area contributed by atoms with Crippen molar-refractivity contribution in [2.24, 2.45) is 5.73 Å². The van der Waals surface area contributed by atoms with Gasteiger partial charge in [-0.15, -0.1) is 0 Å². The first-order valence-corrected chi connectivity index (χ1v) is 7.26. The van der Waals surface area contributed by atoms with E-state index in [0.717, 1.165) is 17.9 Å². The fourth-order valence-corrected chi connectivity index (χ4v) is 2.60. The van der Waals surface area contributed by atoms with Gasteiger partial charge in [0, 0.05) is 38.9 Å². The summed E-state index contributed by atoms with van der Waals surface area (Å²) in [6.07, 6.45) is 0. The van der Waals surface area contributed by atoms with Crippen LogP contribution < -0.4 is 10.5 Å². The van der Waals surface area contributed by atoms with Gasteiger partial charge < -0.3 is 19.9 Å². The van der Waals surface area contributed by atoms with Gasteiger partial charge in [-0.2, -0.15) is 0 Å². The summed E-state index contributed by atoms with van der Waals surface area (Å²) in [5.74, 6) is 0.861. The molecule has 21 heavy (non-hydrogen) atoms. The molecule has 0 spiro atoms. The van der Waals surface area contributed by atoms with E-state index in [4.69, 9.17) is 19.9 Å². The molecule has 5 heteroatoms. The molecule has 2 N–H and O–H groups in total. The monoisotopic (exact) mass is 296 g/mol. The molecule has 120 valence electrons. The van der Waals surface area contributed by atoms with Crippen molar-refractivity contribution in [1.29, 1.82) is 0 Å². The first kappa shape index (κ1) is 17.9. The molecule has 1 aromatic rings. The van der Waals surface area contributed by atoms with Crippen LogP contribution in [-0.4, -0.2) is 58.6 Å². The molecular weight excluding hydrogens is 268 g/mol. The van der Waals surface area contributed by atoms with Crippen molar-refractivity contribution in [3.8, 4) is 5.75 Å². The van der Waals surface area contributed by atoms with Crippen LogP contribution in [0.5, 0.6) is 5.75 Å². The van der Waals surface area contributed by atoms with Gasteiger partial charge in [-0.05, 0) is 13.0 Å². The average molecular weight is 296 g/mol. The number of nitrogens with zero attached hydrogens (tertiary/aromatic N) is 1. The molecule has 1 rings (SSSR count). The van der Waals surface area contributed by atoms with E-state index in [9.17, 15) is 0 Å². The highest BCUT2D eigenvalue weighted by molar-refractivity contribution is 5.36. The van der Waals surface area contributed by atoms with Gasteiger partial charge in [0.25, 0.3) is 0 Å². The number of benzene rings is 1. The SMILES string of the molecule is COCCN(C(C)COC)C(CN)c1ccccc1OC. The van der Waals surface area contributed by atoms with E-state index in [1.807, 2.05) is 18.2 Å². The molecule has 1 aromatic carbocycles. The molecule has 2 unspecified atom stereocenters. The van der Waals surface area contributed by atoms with E-state index in [1.54, 1.807) is 21.3 Å². The third-order valence-corrected chi connectivity index (χ3v) is 3.65. The topological polar surface area (TPSA) is 57.0 Å². The number of ether oxygens (including phenoxy) is 3.